The summed E-state index contributed by atoms with van der Waals surface area (Å²) in [6.07, 6.45) is 8.37. The molecule has 0 saturated carbocycles. The van der Waals surface area contributed by atoms with Gasteiger partial charge in [-0.3, -0.25) is 4.68 Å². The van der Waals surface area contributed by atoms with Crippen LogP contribution in [0.5, 0.6) is 0 Å². The van der Waals surface area contributed by atoms with Crippen LogP contribution in [0.1, 0.15) is 36.3 Å². The molecule has 0 amide bonds. The van der Waals surface area contributed by atoms with Gasteiger partial charge in [-0.15, -0.1) is 5.10 Å². The summed E-state index contributed by atoms with van der Waals surface area (Å²) in [6, 6.07) is 0. The molecule has 2 aliphatic rings. The summed E-state index contributed by atoms with van der Waals surface area (Å²) in [5.41, 5.74) is 2.28. The molecule has 1 saturated heterocycles. The van der Waals surface area contributed by atoms with Crippen molar-refractivity contribution < 1.29 is 8.42 Å². The zero-order chi connectivity index (χ0) is 19.1. The van der Waals surface area contributed by atoms with Gasteiger partial charge in [0.25, 0.3) is 0 Å². The maximum atomic E-state index is 11.8. The average Bonchev–Trinajstić information content (AvgIpc) is 3.24. The van der Waals surface area contributed by atoms with E-state index in [1.165, 1.54) is 11.8 Å². The van der Waals surface area contributed by atoms with Crippen molar-refractivity contribution in [3.63, 3.8) is 0 Å². The summed E-state index contributed by atoms with van der Waals surface area (Å²) in [4.78, 5) is 9.41. The van der Waals surface area contributed by atoms with E-state index in [1.807, 2.05) is 13.1 Å². The molecule has 0 radical (unpaired) electrons. The standard InChI is InChI=1S/C17H25N7O2S/c1-13-20-15-14(16(21-13)18-7-11-23-12-8-19-22-23)3-4-17(15)5-9-24(10-6-17)27(2,25)26/h8,12H,3-7,9-11H2,1-2H3,(H,18,20,21). The van der Waals surface area contributed by atoms with Crippen molar-refractivity contribution >= 4 is 15.8 Å². The van der Waals surface area contributed by atoms with Crippen molar-refractivity contribution in [2.45, 2.75) is 44.6 Å². The van der Waals surface area contributed by atoms with Crippen molar-refractivity contribution in [1.82, 2.24) is 29.3 Å². The van der Waals surface area contributed by atoms with E-state index in [9.17, 15) is 8.42 Å². The summed E-state index contributed by atoms with van der Waals surface area (Å²) in [6.45, 7) is 4.47. The summed E-state index contributed by atoms with van der Waals surface area (Å²) in [7, 11) is -3.12. The van der Waals surface area contributed by atoms with Crippen LogP contribution in [0.3, 0.4) is 0 Å². The molecule has 0 unspecified atom stereocenters. The topological polar surface area (TPSA) is 106 Å². The van der Waals surface area contributed by atoms with Crippen molar-refractivity contribution in [1.29, 1.82) is 0 Å². The highest BCUT2D eigenvalue weighted by Gasteiger charge is 2.45. The minimum Gasteiger partial charge on any atom is -0.368 e. The fourth-order valence-corrected chi connectivity index (χ4v) is 5.12. The molecule has 10 heteroatoms. The normalized spacial score (nSPS) is 19.3. The van der Waals surface area contributed by atoms with Crippen LogP contribution in [0.15, 0.2) is 12.4 Å². The van der Waals surface area contributed by atoms with Crippen LogP contribution in [0.25, 0.3) is 0 Å². The van der Waals surface area contributed by atoms with E-state index < -0.39 is 10.0 Å². The van der Waals surface area contributed by atoms with Gasteiger partial charge in [0.1, 0.15) is 11.6 Å². The van der Waals surface area contributed by atoms with Gasteiger partial charge in [-0.1, -0.05) is 5.21 Å². The molecule has 1 spiro atoms. The lowest BCUT2D eigenvalue weighted by molar-refractivity contribution is 0.228. The van der Waals surface area contributed by atoms with Gasteiger partial charge in [0, 0.05) is 36.8 Å². The molecule has 9 nitrogen and oxygen atoms in total. The second kappa shape index (κ2) is 6.83. The van der Waals surface area contributed by atoms with Crippen LogP contribution in [0.4, 0.5) is 5.82 Å². The lowest BCUT2D eigenvalue weighted by Gasteiger charge is -2.38. The first-order valence-corrected chi connectivity index (χ1v) is 11.1. The minimum atomic E-state index is -3.12. The van der Waals surface area contributed by atoms with Gasteiger partial charge in [0.15, 0.2) is 0 Å². The van der Waals surface area contributed by atoms with E-state index >= 15 is 0 Å². The van der Waals surface area contributed by atoms with Crippen LogP contribution in [-0.2, 0) is 28.4 Å². The smallest absolute Gasteiger partial charge is 0.211 e. The average molecular weight is 392 g/mol. The lowest BCUT2D eigenvalue weighted by atomic mass is 9.76. The van der Waals surface area contributed by atoms with Crippen LogP contribution in [0.2, 0.25) is 0 Å². The van der Waals surface area contributed by atoms with Crippen LogP contribution >= 0.6 is 0 Å². The van der Waals surface area contributed by atoms with Crippen molar-refractivity contribution in [3.8, 4) is 0 Å². The third-order valence-electron chi connectivity index (χ3n) is 5.73. The lowest BCUT2D eigenvalue weighted by Crippen LogP contribution is -2.44. The molecule has 1 N–H and O–H groups in total. The number of piperidine rings is 1. The van der Waals surface area contributed by atoms with Gasteiger partial charge >= 0.3 is 0 Å². The first-order chi connectivity index (χ1) is 12.9. The predicted octanol–water partition coefficient (Wildman–Crippen LogP) is 0.728. The minimum absolute atomic E-state index is 0.0213. The molecule has 27 heavy (non-hydrogen) atoms. The molecule has 1 aliphatic heterocycles. The third kappa shape index (κ3) is 3.55. The molecule has 2 aromatic rings. The first-order valence-electron chi connectivity index (χ1n) is 9.28. The SMILES string of the molecule is Cc1nc(NCCn2ccnn2)c2c(n1)C1(CC2)CCN(S(C)(=O)=O)CC1. The van der Waals surface area contributed by atoms with Crippen LogP contribution < -0.4 is 5.32 Å². The van der Waals surface area contributed by atoms with E-state index in [0.717, 1.165) is 43.0 Å². The van der Waals surface area contributed by atoms with Gasteiger partial charge in [-0.2, -0.15) is 0 Å². The number of aryl methyl sites for hydroxylation is 1. The molecular formula is C17H25N7O2S. The Balaban J connectivity index is 1.52. The molecule has 0 bridgehead atoms. The number of nitrogens with zero attached hydrogens (tertiary/aromatic N) is 6. The second-order valence-electron chi connectivity index (χ2n) is 7.48. The zero-order valence-electron chi connectivity index (χ0n) is 15.7. The summed E-state index contributed by atoms with van der Waals surface area (Å²) < 4.78 is 27.0. The van der Waals surface area contributed by atoms with E-state index in [1.54, 1.807) is 15.2 Å². The largest absolute Gasteiger partial charge is 0.368 e. The number of fused-ring (bicyclic) bond motifs is 2. The molecule has 146 valence electrons. The maximum Gasteiger partial charge on any atom is 0.211 e. The Bertz CT molecular complexity index is 919. The third-order valence-corrected chi connectivity index (χ3v) is 7.03. The maximum absolute atomic E-state index is 11.8. The monoisotopic (exact) mass is 391 g/mol. The molecule has 4 rings (SSSR count). The summed E-state index contributed by atoms with van der Waals surface area (Å²) >= 11 is 0. The van der Waals surface area contributed by atoms with E-state index in [-0.39, 0.29) is 5.41 Å². The Morgan fingerprint density at radius 2 is 2.00 bits per heavy atom. The molecule has 1 fully saturated rings. The Morgan fingerprint density at radius 1 is 1.22 bits per heavy atom. The molecule has 0 aromatic carbocycles. The highest BCUT2D eigenvalue weighted by Crippen LogP contribution is 2.47. The van der Waals surface area contributed by atoms with Gasteiger partial charge in [0.05, 0.1) is 24.7 Å². The predicted molar refractivity (Wildman–Crippen MR) is 101 cm³/mol. The van der Waals surface area contributed by atoms with E-state index in [2.05, 4.69) is 20.6 Å². The number of hydrogen-bond acceptors (Lipinski definition) is 7. The van der Waals surface area contributed by atoms with Crippen molar-refractivity contribution in [3.05, 3.63) is 29.5 Å². The van der Waals surface area contributed by atoms with Gasteiger partial charge in [0.2, 0.25) is 10.0 Å². The van der Waals surface area contributed by atoms with Crippen molar-refractivity contribution in [2.75, 3.05) is 31.2 Å². The Kier molecular flexibility index (Phi) is 4.63. The summed E-state index contributed by atoms with van der Waals surface area (Å²) in [5, 5.41) is 11.2. The molecule has 2 aromatic heterocycles. The van der Waals surface area contributed by atoms with Gasteiger partial charge in [-0.25, -0.2) is 22.7 Å². The van der Waals surface area contributed by atoms with E-state index in [0.29, 0.717) is 26.2 Å². The number of anilines is 1. The summed E-state index contributed by atoms with van der Waals surface area (Å²) in [5.74, 6) is 1.66. The highest BCUT2D eigenvalue weighted by atomic mass is 32.2. The molecular weight excluding hydrogens is 366 g/mol. The van der Waals surface area contributed by atoms with Crippen molar-refractivity contribution in [2.24, 2.45) is 0 Å². The van der Waals surface area contributed by atoms with Gasteiger partial charge < -0.3 is 5.32 Å². The molecule has 3 heterocycles. The first kappa shape index (κ1) is 18.3. The number of sulfonamides is 1. The Morgan fingerprint density at radius 3 is 2.67 bits per heavy atom. The quantitative estimate of drug-likeness (QED) is 0.801. The number of rotatable bonds is 5. The molecule has 1 aliphatic carbocycles. The fraction of sp³-hybridized carbons (Fsp3) is 0.647. The second-order valence-corrected chi connectivity index (χ2v) is 9.46. The zero-order valence-corrected chi connectivity index (χ0v) is 16.5. The number of nitrogens with one attached hydrogen (secondary N) is 1. The fourth-order valence-electron chi connectivity index (χ4n) is 4.27. The Hall–Kier alpha value is -2.07. The number of hydrogen-bond donors (Lipinski definition) is 1. The van der Waals surface area contributed by atoms with Crippen LogP contribution in [-0.4, -0.2) is 63.6 Å². The van der Waals surface area contributed by atoms with Crippen LogP contribution in [0, 0.1) is 6.92 Å². The Labute approximate surface area is 159 Å². The van der Waals surface area contributed by atoms with Gasteiger partial charge in [-0.05, 0) is 32.6 Å². The highest BCUT2D eigenvalue weighted by molar-refractivity contribution is 7.88. The molecule has 0 atom stereocenters. The number of aromatic nitrogens is 5. The van der Waals surface area contributed by atoms with E-state index in [4.69, 9.17) is 4.98 Å².